The van der Waals surface area contributed by atoms with E-state index in [-0.39, 0.29) is 5.91 Å². The Morgan fingerprint density at radius 3 is 2.62 bits per heavy atom. The minimum atomic E-state index is -0.402. The van der Waals surface area contributed by atoms with Crippen molar-refractivity contribution in [3.05, 3.63) is 29.8 Å². The molecule has 0 aliphatic rings. The third-order valence-corrected chi connectivity index (χ3v) is 2.65. The van der Waals surface area contributed by atoms with Gasteiger partial charge in [-0.3, -0.25) is 4.79 Å². The van der Waals surface area contributed by atoms with Gasteiger partial charge in [-0.25, -0.2) is 0 Å². The molecule has 1 aromatic carbocycles. The van der Waals surface area contributed by atoms with Gasteiger partial charge in [0, 0.05) is 12.2 Å². The van der Waals surface area contributed by atoms with Gasteiger partial charge in [0.05, 0.1) is 6.04 Å². The van der Waals surface area contributed by atoms with E-state index in [1.807, 2.05) is 45.0 Å². The molecule has 1 rings (SSSR count). The zero-order valence-electron chi connectivity index (χ0n) is 10.2. The van der Waals surface area contributed by atoms with Gasteiger partial charge in [0.1, 0.15) is 0 Å². The molecule has 0 spiro atoms. The summed E-state index contributed by atoms with van der Waals surface area (Å²) < 4.78 is 0. The smallest absolute Gasteiger partial charge is 0.243 e. The quantitative estimate of drug-likeness (QED) is 0.844. The van der Waals surface area contributed by atoms with Crippen molar-refractivity contribution in [1.29, 1.82) is 0 Å². The van der Waals surface area contributed by atoms with E-state index in [0.717, 1.165) is 11.3 Å². The number of nitrogens with zero attached hydrogens (tertiary/aromatic N) is 1. The fraction of sp³-hybridized carbons (Fsp3) is 0.462. The summed E-state index contributed by atoms with van der Waals surface area (Å²) in [6.07, 6.45) is 0.668. The summed E-state index contributed by atoms with van der Waals surface area (Å²) in [7, 11) is 0. The Bertz CT molecular complexity index is 363. The number of hydrogen-bond acceptors (Lipinski definition) is 2. The molecule has 3 heteroatoms. The second-order valence-electron chi connectivity index (χ2n) is 3.94. The standard InChI is InChI=1S/C13H20N2O/c1-4-12(14)13(16)15(5-2)11-8-6-7-10(3)9-11/h6-9,12H,4-5,14H2,1-3H3. The molecule has 0 aromatic heterocycles. The maximum absolute atomic E-state index is 12.0. The van der Waals surface area contributed by atoms with E-state index in [1.54, 1.807) is 4.90 Å². The fourth-order valence-corrected chi connectivity index (χ4v) is 1.64. The first kappa shape index (κ1) is 12.7. The number of carbonyl (C=O) groups excluding carboxylic acids is 1. The molecule has 16 heavy (non-hydrogen) atoms. The average Bonchev–Trinajstić information content (AvgIpc) is 2.29. The highest BCUT2D eigenvalue weighted by molar-refractivity contribution is 5.97. The predicted molar refractivity (Wildman–Crippen MR) is 67.5 cm³/mol. The monoisotopic (exact) mass is 220 g/mol. The molecule has 0 saturated carbocycles. The first-order chi connectivity index (χ1) is 7.60. The van der Waals surface area contributed by atoms with Crippen LogP contribution in [0.2, 0.25) is 0 Å². The normalized spacial score (nSPS) is 12.2. The summed E-state index contributed by atoms with van der Waals surface area (Å²) in [4.78, 5) is 13.8. The Labute approximate surface area is 97.2 Å². The van der Waals surface area contributed by atoms with Gasteiger partial charge in [0.25, 0.3) is 0 Å². The van der Waals surface area contributed by atoms with Crippen LogP contribution < -0.4 is 10.6 Å². The molecule has 1 atom stereocenters. The number of carbonyl (C=O) groups is 1. The summed E-state index contributed by atoms with van der Waals surface area (Å²) >= 11 is 0. The lowest BCUT2D eigenvalue weighted by molar-refractivity contribution is -0.119. The molecule has 88 valence electrons. The lowest BCUT2D eigenvalue weighted by atomic mass is 10.1. The third kappa shape index (κ3) is 2.83. The first-order valence-electron chi connectivity index (χ1n) is 5.73. The van der Waals surface area contributed by atoms with Gasteiger partial charge < -0.3 is 10.6 Å². The second-order valence-corrected chi connectivity index (χ2v) is 3.94. The summed E-state index contributed by atoms with van der Waals surface area (Å²) in [5.74, 6) is -0.00407. The number of amides is 1. The highest BCUT2D eigenvalue weighted by Crippen LogP contribution is 2.16. The number of aryl methyl sites for hydroxylation is 1. The molecule has 1 unspecified atom stereocenters. The van der Waals surface area contributed by atoms with Gasteiger partial charge >= 0.3 is 0 Å². The summed E-state index contributed by atoms with van der Waals surface area (Å²) in [6, 6.07) is 7.51. The Morgan fingerprint density at radius 1 is 1.44 bits per heavy atom. The van der Waals surface area contributed by atoms with Gasteiger partial charge in [-0.2, -0.15) is 0 Å². The highest BCUT2D eigenvalue weighted by Gasteiger charge is 2.19. The zero-order chi connectivity index (χ0) is 12.1. The molecule has 0 saturated heterocycles. The van der Waals surface area contributed by atoms with Crippen molar-refractivity contribution < 1.29 is 4.79 Å². The minimum absolute atomic E-state index is 0.00407. The number of nitrogens with two attached hydrogens (primary N) is 1. The van der Waals surface area contributed by atoms with Crippen LogP contribution in [0.5, 0.6) is 0 Å². The molecule has 0 aliphatic heterocycles. The van der Waals surface area contributed by atoms with E-state index in [4.69, 9.17) is 5.73 Å². The van der Waals surface area contributed by atoms with Crippen LogP contribution in [0.1, 0.15) is 25.8 Å². The van der Waals surface area contributed by atoms with E-state index in [1.165, 1.54) is 0 Å². The highest BCUT2D eigenvalue weighted by atomic mass is 16.2. The number of rotatable bonds is 4. The summed E-state index contributed by atoms with van der Waals surface area (Å²) in [5.41, 5.74) is 7.85. The van der Waals surface area contributed by atoms with Crippen LogP contribution in [0.15, 0.2) is 24.3 Å². The molecule has 0 fully saturated rings. The van der Waals surface area contributed by atoms with Crippen molar-refractivity contribution >= 4 is 11.6 Å². The minimum Gasteiger partial charge on any atom is -0.320 e. The number of likely N-dealkylation sites (N-methyl/N-ethyl adjacent to an activating group) is 1. The van der Waals surface area contributed by atoms with Crippen molar-refractivity contribution in [3.63, 3.8) is 0 Å². The zero-order valence-corrected chi connectivity index (χ0v) is 10.2. The fourth-order valence-electron chi connectivity index (χ4n) is 1.64. The Hall–Kier alpha value is -1.35. The lowest BCUT2D eigenvalue weighted by Crippen LogP contribution is -2.43. The van der Waals surface area contributed by atoms with Crippen molar-refractivity contribution in [3.8, 4) is 0 Å². The second kappa shape index (κ2) is 5.66. The van der Waals surface area contributed by atoms with Crippen molar-refractivity contribution in [2.45, 2.75) is 33.2 Å². The van der Waals surface area contributed by atoms with E-state index < -0.39 is 6.04 Å². The average molecular weight is 220 g/mol. The Kier molecular flexibility index (Phi) is 4.50. The largest absolute Gasteiger partial charge is 0.320 e. The van der Waals surface area contributed by atoms with Crippen LogP contribution in [0.25, 0.3) is 0 Å². The number of anilines is 1. The van der Waals surface area contributed by atoms with Gasteiger partial charge in [-0.1, -0.05) is 19.1 Å². The van der Waals surface area contributed by atoms with Crippen molar-refractivity contribution in [2.75, 3.05) is 11.4 Å². The molecular weight excluding hydrogens is 200 g/mol. The third-order valence-electron chi connectivity index (χ3n) is 2.65. The van der Waals surface area contributed by atoms with Gasteiger partial charge in [0.15, 0.2) is 0 Å². The Balaban J connectivity index is 2.94. The van der Waals surface area contributed by atoms with Crippen LogP contribution in [-0.4, -0.2) is 18.5 Å². The number of benzene rings is 1. The maximum Gasteiger partial charge on any atom is 0.243 e. The van der Waals surface area contributed by atoms with Crippen molar-refractivity contribution in [2.24, 2.45) is 5.73 Å². The van der Waals surface area contributed by atoms with Crippen LogP contribution in [0.3, 0.4) is 0 Å². The van der Waals surface area contributed by atoms with E-state index in [0.29, 0.717) is 13.0 Å². The molecule has 1 aromatic rings. The van der Waals surface area contributed by atoms with E-state index in [2.05, 4.69) is 0 Å². The molecule has 2 N–H and O–H groups in total. The molecule has 0 bridgehead atoms. The lowest BCUT2D eigenvalue weighted by Gasteiger charge is -2.24. The molecule has 1 amide bonds. The number of hydrogen-bond donors (Lipinski definition) is 1. The van der Waals surface area contributed by atoms with Crippen molar-refractivity contribution in [1.82, 2.24) is 0 Å². The van der Waals surface area contributed by atoms with Gasteiger partial charge in [0.2, 0.25) is 5.91 Å². The molecular formula is C13H20N2O. The van der Waals surface area contributed by atoms with Gasteiger partial charge in [-0.15, -0.1) is 0 Å². The van der Waals surface area contributed by atoms with Crippen LogP contribution in [-0.2, 0) is 4.79 Å². The van der Waals surface area contributed by atoms with E-state index in [9.17, 15) is 4.79 Å². The predicted octanol–water partition coefficient (Wildman–Crippen LogP) is 2.09. The van der Waals surface area contributed by atoms with E-state index >= 15 is 0 Å². The summed E-state index contributed by atoms with van der Waals surface area (Å²) in [5, 5.41) is 0. The molecule has 3 nitrogen and oxygen atoms in total. The molecule has 0 aliphatic carbocycles. The van der Waals surface area contributed by atoms with Crippen LogP contribution in [0.4, 0.5) is 5.69 Å². The molecule has 0 heterocycles. The topological polar surface area (TPSA) is 46.3 Å². The summed E-state index contributed by atoms with van der Waals surface area (Å²) in [6.45, 7) is 6.55. The van der Waals surface area contributed by atoms with Crippen LogP contribution in [0, 0.1) is 6.92 Å². The maximum atomic E-state index is 12.0. The SMILES string of the molecule is CCC(N)C(=O)N(CC)c1cccc(C)c1. The van der Waals surface area contributed by atoms with Gasteiger partial charge in [-0.05, 0) is 38.0 Å². The Morgan fingerprint density at radius 2 is 2.12 bits per heavy atom. The first-order valence-corrected chi connectivity index (χ1v) is 5.73. The van der Waals surface area contributed by atoms with Crippen LogP contribution >= 0.6 is 0 Å². The molecule has 0 radical (unpaired) electrons.